The summed E-state index contributed by atoms with van der Waals surface area (Å²) >= 11 is 0. The normalized spacial score (nSPS) is 14.2. The number of hydrogen-bond acceptors (Lipinski definition) is 2. The summed E-state index contributed by atoms with van der Waals surface area (Å²) < 4.78 is 0. The lowest BCUT2D eigenvalue weighted by atomic mass is 9.76. The number of hydrogen-bond donors (Lipinski definition) is 0. The molecule has 0 N–H and O–H groups in total. The van der Waals surface area contributed by atoms with Crippen molar-refractivity contribution < 1.29 is 0 Å². The molecule has 0 aromatic heterocycles. The van der Waals surface area contributed by atoms with Crippen LogP contribution in [0.2, 0.25) is 0 Å². The minimum absolute atomic E-state index is 0.212. The molecule has 2 nitrogen and oxygen atoms in total. The Morgan fingerprint density at radius 2 is 0.784 bits per heavy atom. The van der Waals surface area contributed by atoms with Crippen LogP contribution in [0.5, 0.6) is 0 Å². The van der Waals surface area contributed by atoms with Gasteiger partial charge in [-0.1, -0.05) is 123 Å². The second kappa shape index (κ2) is 9.48. The lowest BCUT2D eigenvalue weighted by Crippen LogP contribution is -2.20. The Hall–Kier alpha value is -4.56. The van der Waals surface area contributed by atoms with Crippen LogP contribution in [0.25, 0.3) is 0 Å². The summed E-state index contributed by atoms with van der Waals surface area (Å²) in [5, 5.41) is 0. The average Bonchev–Trinajstić information content (AvgIpc) is 2.96. The van der Waals surface area contributed by atoms with Crippen LogP contribution in [0, 0.1) is 0 Å². The van der Waals surface area contributed by atoms with Gasteiger partial charge in [0.15, 0.2) is 0 Å². The highest BCUT2D eigenvalue weighted by Gasteiger charge is 2.25. The summed E-state index contributed by atoms with van der Waals surface area (Å²) in [6, 6.07) is 46.6. The van der Waals surface area contributed by atoms with Crippen molar-refractivity contribution in [1.82, 2.24) is 0 Å². The highest BCUT2D eigenvalue weighted by atomic mass is 14.8. The number of benzene rings is 5. The number of rotatable bonds is 2. The largest absolute Gasteiger partial charge is 0.246 e. The van der Waals surface area contributed by atoms with Crippen molar-refractivity contribution in [2.45, 2.75) is 19.3 Å². The van der Waals surface area contributed by atoms with Gasteiger partial charge < -0.3 is 0 Å². The first-order chi connectivity index (χ1) is 18.1. The van der Waals surface area contributed by atoms with E-state index >= 15 is 0 Å². The van der Waals surface area contributed by atoms with Crippen LogP contribution >= 0.6 is 0 Å². The second-order valence-corrected chi connectivity index (χ2v) is 9.93. The molecule has 4 bridgehead atoms. The molecule has 1 aliphatic heterocycles. The van der Waals surface area contributed by atoms with Crippen LogP contribution in [-0.4, -0.2) is 11.4 Å². The number of aliphatic imine (C=N–C) groups is 2. The summed E-state index contributed by atoms with van der Waals surface area (Å²) in [6.07, 6.45) is 0. The van der Waals surface area contributed by atoms with E-state index in [4.69, 9.17) is 9.98 Å². The SMILES string of the molecule is CC1(C)c2cccc(c2)C(c2ccccc2)=Nc2ccccc2N=C(c2ccccc2)c2cccc1c2. The molecule has 0 saturated carbocycles. The molecule has 0 fully saturated rings. The molecule has 1 aliphatic rings. The third-order valence-corrected chi connectivity index (χ3v) is 7.16. The van der Waals surface area contributed by atoms with Gasteiger partial charge in [0.1, 0.15) is 0 Å². The minimum atomic E-state index is -0.212. The van der Waals surface area contributed by atoms with Crippen LogP contribution in [-0.2, 0) is 5.41 Å². The van der Waals surface area contributed by atoms with Gasteiger partial charge in [0.2, 0.25) is 0 Å². The predicted molar refractivity (Wildman–Crippen MR) is 155 cm³/mol. The monoisotopic (exact) mass is 476 g/mol. The third kappa shape index (κ3) is 4.43. The molecule has 0 unspecified atom stereocenters. The standard InChI is InChI=1S/C35H28N2/c1-35(2)29-19-11-17-27(23-29)33(25-13-5-3-6-14-25)36-31-21-9-10-22-32(31)37-34(26-15-7-4-8-16-26)28-18-12-20-30(35)24-28/h3-24H,1-2H3. The zero-order valence-electron chi connectivity index (χ0n) is 21.1. The maximum atomic E-state index is 5.27. The molecule has 0 spiro atoms. The summed E-state index contributed by atoms with van der Waals surface area (Å²) in [5.41, 5.74) is 10.2. The van der Waals surface area contributed by atoms with Crippen LogP contribution in [0.4, 0.5) is 11.4 Å². The Kier molecular flexibility index (Phi) is 5.86. The summed E-state index contributed by atoms with van der Waals surface area (Å²) in [7, 11) is 0. The molecule has 0 atom stereocenters. The van der Waals surface area contributed by atoms with E-state index in [0.29, 0.717) is 0 Å². The molecule has 2 heteroatoms. The van der Waals surface area contributed by atoms with Crippen molar-refractivity contribution in [3.8, 4) is 0 Å². The van der Waals surface area contributed by atoms with Crippen LogP contribution in [0.3, 0.4) is 0 Å². The summed E-state index contributed by atoms with van der Waals surface area (Å²) in [5.74, 6) is 0. The smallest absolute Gasteiger partial charge is 0.0894 e. The molecule has 6 rings (SSSR count). The van der Waals surface area contributed by atoms with Crippen molar-refractivity contribution in [3.63, 3.8) is 0 Å². The van der Waals surface area contributed by atoms with Crippen molar-refractivity contribution in [3.05, 3.63) is 167 Å². The molecule has 5 aromatic rings. The first kappa shape index (κ1) is 22.9. The Labute approximate surface area is 218 Å². The van der Waals surface area contributed by atoms with Gasteiger partial charge in [0.25, 0.3) is 0 Å². The first-order valence-corrected chi connectivity index (χ1v) is 12.7. The van der Waals surface area contributed by atoms with E-state index in [-0.39, 0.29) is 5.41 Å². The van der Waals surface area contributed by atoms with Crippen molar-refractivity contribution >= 4 is 22.8 Å². The molecule has 37 heavy (non-hydrogen) atoms. The van der Waals surface area contributed by atoms with E-state index < -0.39 is 0 Å². The van der Waals surface area contributed by atoms with Gasteiger partial charge in [-0.2, -0.15) is 0 Å². The van der Waals surface area contributed by atoms with Crippen LogP contribution in [0.15, 0.2) is 143 Å². The summed E-state index contributed by atoms with van der Waals surface area (Å²) in [4.78, 5) is 10.5. The highest BCUT2D eigenvalue weighted by Crippen LogP contribution is 2.36. The Bertz CT molecular complexity index is 1500. The topological polar surface area (TPSA) is 24.7 Å². The number of nitrogens with zero attached hydrogens (tertiary/aromatic N) is 2. The van der Waals surface area contributed by atoms with Gasteiger partial charge >= 0.3 is 0 Å². The zero-order valence-corrected chi connectivity index (χ0v) is 21.1. The average molecular weight is 477 g/mol. The Balaban J connectivity index is 1.71. The molecular formula is C35H28N2. The zero-order chi connectivity index (χ0) is 25.2. The maximum absolute atomic E-state index is 5.27. The van der Waals surface area contributed by atoms with Crippen molar-refractivity contribution in [1.29, 1.82) is 0 Å². The van der Waals surface area contributed by atoms with Crippen LogP contribution in [0.1, 0.15) is 47.2 Å². The van der Waals surface area contributed by atoms with E-state index in [9.17, 15) is 0 Å². The molecular weight excluding hydrogens is 448 g/mol. The second-order valence-electron chi connectivity index (χ2n) is 9.93. The quantitative estimate of drug-likeness (QED) is 0.243. The molecule has 0 amide bonds. The fourth-order valence-electron chi connectivity index (χ4n) is 4.95. The van der Waals surface area contributed by atoms with Crippen LogP contribution < -0.4 is 0 Å². The van der Waals surface area contributed by atoms with E-state index in [1.165, 1.54) is 11.1 Å². The van der Waals surface area contributed by atoms with Crippen molar-refractivity contribution in [2.75, 3.05) is 0 Å². The third-order valence-electron chi connectivity index (χ3n) is 7.16. The van der Waals surface area contributed by atoms with E-state index in [2.05, 4.69) is 111 Å². The highest BCUT2D eigenvalue weighted by molar-refractivity contribution is 6.16. The molecule has 0 radical (unpaired) electrons. The van der Waals surface area contributed by atoms with Gasteiger partial charge in [0, 0.05) is 27.7 Å². The number of fused-ring (bicyclic) bond motifs is 5. The number of para-hydroxylation sites is 2. The van der Waals surface area contributed by atoms with Gasteiger partial charge in [-0.15, -0.1) is 0 Å². The van der Waals surface area contributed by atoms with E-state index in [1.807, 2.05) is 36.4 Å². The molecule has 5 aromatic carbocycles. The lowest BCUT2D eigenvalue weighted by Gasteiger charge is -2.27. The Morgan fingerprint density at radius 1 is 0.405 bits per heavy atom. The van der Waals surface area contributed by atoms with Crippen molar-refractivity contribution in [2.24, 2.45) is 9.98 Å². The molecule has 0 saturated heterocycles. The van der Waals surface area contributed by atoms with E-state index in [1.54, 1.807) is 0 Å². The first-order valence-electron chi connectivity index (χ1n) is 12.7. The lowest BCUT2D eigenvalue weighted by molar-refractivity contribution is 0.640. The Morgan fingerprint density at radius 3 is 1.22 bits per heavy atom. The predicted octanol–water partition coefficient (Wildman–Crippen LogP) is 8.66. The fraction of sp³-hybridized carbons (Fsp3) is 0.0857. The maximum Gasteiger partial charge on any atom is 0.0894 e. The van der Waals surface area contributed by atoms with Gasteiger partial charge in [0.05, 0.1) is 22.8 Å². The van der Waals surface area contributed by atoms with Gasteiger partial charge in [-0.3, -0.25) is 0 Å². The van der Waals surface area contributed by atoms with Gasteiger partial charge in [-0.05, 0) is 35.4 Å². The molecule has 0 aliphatic carbocycles. The van der Waals surface area contributed by atoms with Gasteiger partial charge in [-0.25, -0.2) is 9.98 Å². The fourth-order valence-corrected chi connectivity index (χ4v) is 4.95. The summed E-state index contributed by atoms with van der Waals surface area (Å²) in [6.45, 7) is 4.58. The minimum Gasteiger partial charge on any atom is -0.246 e. The molecule has 1 heterocycles. The van der Waals surface area contributed by atoms with E-state index in [0.717, 1.165) is 45.1 Å². The molecule has 178 valence electrons.